The zero-order chi connectivity index (χ0) is 10.9. The van der Waals surface area contributed by atoms with Gasteiger partial charge in [-0.1, -0.05) is 18.2 Å². The van der Waals surface area contributed by atoms with E-state index in [2.05, 4.69) is 5.32 Å². The molecule has 1 unspecified atom stereocenters. The van der Waals surface area contributed by atoms with E-state index in [0.29, 0.717) is 5.56 Å². The Bertz CT molecular complexity index is 345. The molecule has 1 heterocycles. The van der Waals surface area contributed by atoms with Crippen molar-refractivity contribution in [1.29, 1.82) is 0 Å². The predicted octanol–water partition coefficient (Wildman–Crippen LogP) is 3.55. The standard InChI is InChI=1S/C11H12F3N.ClH/c12-11(13,14)9-5-2-1-4-8(9)10-6-3-7-15-10;/h1-2,4-5,10,15H,3,6-7H2;1H. The molecule has 1 aromatic carbocycles. The summed E-state index contributed by atoms with van der Waals surface area (Å²) in [5, 5.41) is 3.09. The molecule has 1 nitrogen and oxygen atoms in total. The molecule has 0 radical (unpaired) electrons. The van der Waals surface area contributed by atoms with Gasteiger partial charge >= 0.3 is 6.18 Å². The largest absolute Gasteiger partial charge is 0.416 e. The summed E-state index contributed by atoms with van der Waals surface area (Å²) < 4.78 is 38.0. The van der Waals surface area contributed by atoms with Crippen molar-refractivity contribution in [3.63, 3.8) is 0 Å². The molecular weight excluding hydrogens is 239 g/mol. The van der Waals surface area contributed by atoms with Crippen LogP contribution in [-0.2, 0) is 6.18 Å². The highest BCUT2D eigenvalue weighted by molar-refractivity contribution is 5.85. The van der Waals surface area contributed by atoms with E-state index in [0.717, 1.165) is 25.5 Å². The van der Waals surface area contributed by atoms with Gasteiger partial charge in [0.25, 0.3) is 0 Å². The first-order valence-corrected chi connectivity index (χ1v) is 4.98. The van der Waals surface area contributed by atoms with E-state index in [1.54, 1.807) is 12.1 Å². The molecule has 2 rings (SSSR count). The second-order valence-electron chi connectivity index (χ2n) is 3.73. The molecule has 1 fully saturated rings. The average molecular weight is 252 g/mol. The van der Waals surface area contributed by atoms with Gasteiger partial charge in [0.15, 0.2) is 0 Å². The minimum Gasteiger partial charge on any atom is -0.310 e. The van der Waals surface area contributed by atoms with Crippen LogP contribution < -0.4 is 5.32 Å². The zero-order valence-corrected chi connectivity index (χ0v) is 9.37. The number of rotatable bonds is 1. The summed E-state index contributed by atoms with van der Waals surface area (Å²) in [7, 11) is 0. The second-order valence-corrected chi connectivity index (χ2v) is 3.73. The summed E-state index contributed by atoms with van der Waals surface area (Å²) >= 11 is 0. The number of hydrogen-bond donors (Lipinski definition) is 1. The summed E-state index contributed by atoms with van der Waals surface area (Å²) in [4.78, 5) is 0. The fraction of sp³-hybridized carbons (Fsp3) is 0.455. The van der Waals surface area contributed by atoms with Crippen LogP contribution >= 0.6 is 12.4 Å². The van der Waals surface area contributed by atoms with Crippen molar-refractivity contribution >= 4 is 12.4 Å². The van der Waals surface area contributed by atoms with E-state index < -0.39 is 11.7 Å². The third-order valence-electron chi connectivity index (χ3n) is 2.70. The summed E-state index contributed by atoms with van der Waals surface area (Å²) in [5.74, 6) is 0. The Morgan fingerprint density at radius 2 is 1.88 bits per heavy atom. The van der Waals surface area contributed by atoms with Crippen molar-refractivity contribution in [2.24, 2.45) is 0 Å². The normalized spacial score (nSPS) is 20.6. The van der Waals surface area contributed by atoms with Gasteiger partial charge in [0.1, 0.15) is 0 Å². The van der Waals surface area contributed by atoms with E-state index in [-0.39, 0.29) is 18.4 Å². The lowest BCUT2D eigenvalue weighted by Crippen LogP contribution is -2.18. The van der Waals surface area contributed by atoms with E-state index in [1.807, 2.05) is 0 Å². The monoisotopic (exact) mass is 251 g/mol. The van der Waals surface area contributed by atoms with Crippen LogP contribution in [0.5, 0.6) is 0 Å². The lowest BCUT2D eigenvalue weighted by Gasteiger charge is -2.17. The van der Waals surface area contributed by atoms with Crippen molar-refractivity contribution in [1.82, 2.24) is 5.32 Å². The molecule has 5 heteroatoms. The first-order valence-electron chi connectivity index (χ1n) is 4.98. The Hall–Kier alpha value is -0.740. The van der Waals surface area contributed by atoms with E-state index in [1.165, 1.54) is 6.07 Å². The third kappa shape index (κ3) is 2.68. The molecule has 1 N–H and O–H groups in total. The molecule has 1 atom stereocenters. The third-order valence-corrected chi connectivity index (χ3v) is 2.70. The fourth-order valence-corrected chi connectivity index (χ4v) is 2.01. The van der Waals surface area contributed by atoms with E-state index >= 15 is 0 Å². The van der Waals surface area contributed by atoms with Crippen LogP contribution in [0.15, 0.2) is 24.3 Å². The highest BCUT2D eigenvalue weighted by Gasteiger charge is 2.35. The molecular formula is C11H13ClF3N. The molecule has 16 heavy (non-hydrogen) atoms. The van der Waals surface area contributed by atoms with Crippen molar-refractivity contribution in [2.75, 3.05) is 6.54 Å². The van der Waals surface area contributed by atoms with E-state index in [9.17, 15) is 13.2 Å². The van der Waals surface area contributed by atoms with Gasteiger partial charge in [0.05, 0.1) is 5.56 Å². The second kappa shape index (κ2) is 5.06. The van der Waals surface area contributed by atoms with Crippen LogP contribution in [0.2, 0.25) is 0 Å². The first-order chi connectivity index (χ1) is 7.09. The molecule has 1 aliphatic heterocycles. The zero-order valence-electron chi connectivity index (χ0n) is 8.55. The molecule has 0 spiro atoms. The number of halogens is 4. The SMILES string of the molecule is Cl.FC(F)(F)c1ccccc1C1CCCN1. The number of nitrogens with one attached hydrogen (secondary N) is 1. The smallest absolute Gasteiger partial charge is 0.310 e. The number of alkyl halides is 3. The van der Waals surface area contributed by atoms with Crippen molar-refractivity contribution in [3.05, 3.63) is 35.4 Å². The molecule has 1 aliphatic rings. The molecule has 0 aromatic heterocycles. The van der Waals surface area contributed by atoms with Gasteiger partial charge in [0.2, 0.25) is 0 Å². The average Bonchev–Trinajstić information content (AvgIpc) is 2.69. The summed E-state index contributed by atoms with van der Waals surface area (Å²) in [5.41, 5.74) is -0.132. The predicted molar refractivity (Wildman–Crippen MR) is 58.7 cm³/mol. The molecule has 0 aliphatic carbocycles. The Kier molecular flexibility index (Phi) is 4.21. The van der Waals surface area contributed by atoms with Gasteiger partial charge < -0.3 is 5.32 Å². The minimum absolute atomic E-state index is 0. The van der Waals surface area contributed by atoms with Crippen LogP contribution in [0.1, 0.15) is 30.0 Å². The topological polar surface area (TPSA) is 12.0 Å². The van der Waals surface area contributed by atoms with Crippen molar-refractivity contribution < 1.29 is 13.2 Å². The molecule has 0 bridgehead atoms. The quantitative estimate of drug-likeness (QED) is 0.805. The van der Waals surface area contributed by atoms with Crippen LogP contribution in [0.3, 0.4) is 0 Å². The molecule has 1 saturated heterocycles. The molecule has 0 saturated carbocycles. The highest BCUT2D eigenvalue weighted by Crippen LogP contribution is 2.36. The lowest BCUT2D eigenvalue weighted by atomic mass is 9.99. The van der Waals surface area contributed by atoms with E-state index in [4.69, 9.17) is 0 Å². The maximum Gasteiger partial charge on any atom is 0.416 e. The Morgan fingerprint density at radius 1 is 1.19 bits per heavy atom. The maximum atomic E-state index is 12.7. The summed E-state index contributed by atoms with van der Waals surface area (Å²) in [6.07, 6.45) is -2.52. The van der Waals surface area contributed by atoms with Gasteiger partial charge in [-0.05, 0) is 31.0 Å². The Morgan fingerprint density at radius 3 is 2.44 bits per heavy atom. The molecule has 90 valence electrons. The van der Waals surface area contributed by atoms with Crippen LogP contribution in [0.4, 0.5) is 13.2 Å². The van der Waals surface area contributed by atoms with Gasteiger partial charge in [-0.15, -0.1) is 12.4 Å². The van der Waals surface area contributed by atoms with Crippen LogP contribution in [0, 0.1) is 0 Å². The van der Waals surface area contributed by atoms with Gasteiger partial charge in [-0.2, -0.15) is 13.2 Å². The Labute approximate surface area is 98.4 Å². The molecule has 0 amide bonds. The van der Waals surface area contributed by atoms with Crippen LogP contribution in [-0.4, -0.2) is 6.54 Å². The molecule has 1 aromatic rings. The van der Waals surface area contributed by atoms with Crippen molar-refractivity contribution in [2.45, 2.75) is 25.1 Å². The lowest BCUT2D eigenvalue weighted by molar-refractivity contribution is -0.138. The maximum absolute atomic E-state index is 12.7. The summed E-state index contributed by atoms with van der Waals surface area (Å²) in [6.45, 7) is 0.802. The fourth-order valence-electron chi connectivity index (χ4n) is 2.01. The first kappa shape index (κ1) is 13.3. The van der Waals surface area contributed by atoms with Crippen molar-refractivity contribution in [3.8, 4) is 0 Å². The van der Waals surface area contributed by atoms with Gasteiger partial charge in [0, 0.05) is 6.04 Å². The van der Waals surface area contributed by atoms with Gasteiger partial charge in [-0.25, -0.2) is 0 Å². The minimum atomic E-state index is -4.25. The van der Waals surface area contributed by atoms with Crippen LogP contribution in [0.25, 0.3) is 0 Å². The summed E-state index contributed by atoms with van der Waals surface area (Å²) in [6, 6.07) is 5.66. The number of benzene rings is 1. The van der Waals surface area contributed by atoms with Gasteiger partial charge in [-0.3, -0.25) is 0 Å². The number of hydrogen-bond acceptors (Lipinski definition) is 1. The highest BCUT2D eigenvalue weighted by atomic mass is 35.5. The Balaban J connectivity index is 0.00000128.